The van der Waals surface area contributed by atoms with Crippen LogP contribution < -0.4 is 10.2 Å². The third-order valence-corrected chi connectivity index (χ3v) is 5.93. The number of halogens is 2. The lowest BCUT2D eigenvalue weighted by atomic mass is 9.87. The average Bonchev–Trinajstić information content (AvgIpc) is 2.78. The van der Waals surface area contributed by atoms with Gasteiger partial charge in [-0.1, -0.05) is 69.6 Å². The Morgan fingerprint density at radius 3 is 2.09 bits per heavy atom. The Morgan fingerprint density at radius 2 is 1.54 bits per heavy atom. The van der Waals surface area contributed by atoms with Gasteiger partial charge in [-0.3, -0.25) is 4.79 Å². The van der Waals surface area contributed by atoms with Crippen molar-refractivity contribution < 1.29 is 14.3 Å². The van der Waals surface area contributed by atoms with Gasteiger partial charge >= 0.3 is 5.97 Å². The summed E-state index contributed by atoms with van der Waals surface area (Å²) in [4.78, 5) is 13.8. The van der Waals surface area contributed by atoms with Gasteiger partial charge in [-0.15, -0.1) is 0 Å². The summed E-state index contributed by atoms with van der Waals surface area (Å²) in [5, 5.41) is 13.6. The number of nitrogens with one attached hydrogen (secondary N) is 1. The number of carboxylic acid groups (broad SMARTS) is 1. The molecule has 0 fully saturated rings. The van der Waals surface area contributed by atoms with E-state index >= 15 is 4.39 Å². The molecule has 3 aromatic rings. The molecular formula is C29H34ClFN2O2. The molecule has 0 saturated carbocycles. The number of aliphatic carboxylic acids is 1. The SMILES string of the molecule is CC(C)CN(CC(C)C)c1c(F)cc(C(CC(=O)O)c2ccccc2)cc1Nc1ccc(Cl)cc1. The van der Waals surface area contributed by atoms with Crippen molar-refractivity contribution in [3.05, 3.63) is 88.7 Å². The van der Waals surface area contributed by atoms with Crippen LogP contribution in [0.2, 0.25) is 5.02 Å². The van der Waals surface area contributed by atoms with Gasteiger partial charge in [0, 0.05) is 29.7 Å². The van der Waals surface area contributed by atoms with E-state index in [1.54, 1.807) is 12.1 Å². The van der Waals surface area contributed by atoms with E-state index in [-0.39, 0.29) is 12.2 Å². The monoisotopic (exact) mass is 496 g/mol. The predicted octanol–water partition coefficient (Wildman–Crippen LogP) is 7.95. The molecule has 0 aliphatic rings. The summed E-state index contributed by atoms with van der Waals surface area (Å²) in [5.41, 5.74) is 3.32. The molecule has 0 saturated heterocycles. The zero-order valence-electron chi connectivity index (χ0n) is 20.8. The highest BCUT2D eigenvalue weighted by molar-refractivity contribution is 6.30. The number of hydrogen-bond acceptors (Lipinski definition) is 3. The van der Waals surface area contributed by atoms with Gasteiger partial charge in [-0.2, -0.15) is 0 Å². The fourth-order valence-electron chi connectivity index (χ4n) is 4.35. The normalized spacial score (nSPS) is 12.1. The summed E-state index contributed by atoms with van der Waals surface area (Å²) in [7, 11) is 0. The summed E-state index contributed by atoms with van der Waals surface area (Å²) in [6.45, 7) is 9.85. The molecule has 3 aromatic carbocycles. The van der Waals surface area contributed by atoms with Crippen molar-refractivity contribution in [1.29, 1.82) is 0 Å². The van der Waals surface area contributed by atoms with Gasteiger partial charge in [0.25, 0.3) is 0 Å². The lowest BCUT2D eigenvalue weighted by Crippen LogP contribution is -2.32. The maximum absolute atomic E-state index is 16.0. The third kappa shape index (κ3) is 7.46. The van der Waals surface area contributed by atoms with Crippen LogP contribution in [0.15, 0.2) is 66.7 Å². The molecule has 0 amide bonds. The molecule has 1 unspecified atom stereocenters. The van der Waals surface area contributed by atoms with Gasteiger partial charge in [0.2, 0.25) is 0 Å². The van der Waals surface area contributed by atoms with E-state index < -0.39 is 11.9 Å². The van der Waals surface area contributed by atoms with Gasteiger partial charge < -0.3 is 15.3 Å². The first kappa shape index (κ1) is 26.6. The molecule has 0 bridgehead atoms. The summed E-state index contributed by atoms with van der Waals surface area (Å²) in [6, 6.07) is 20.0. The van der Waals surface area contributed by atoms with Gasteiger partial charge in [-0.25, -0.2) is 4.39 Å². The molecule has 3 rings (SSSR count). The second kappa shape index (κ2) is 12.1. The topological polar surface area (TPSA) is 52.6 Å². The Morgan fingerprint density at radius 1 is 0.943 bits per heavy atom. The molecule has 4 nitrogen and oxygen atoms in total. The van der Waals surface area contributed by atoms with Gasteiger partial charge in [0.05, 0.1) is 17.8 Å². The van der Waals surface area contributed by atoms with Crippen molar-refractivity contribution in [1.82, 2.24) is 0 Å². The smallest absolute Gasteiger partial charge is 0.304 e. The number of rotatable bonds is 11. The van der Waals surface area contributed by atoms with Crippen LogP contribution in [-0.4, -0.2) is 24.2 Å². The van der Waals surface area contributed by atoms with E-state index in [2.05, 4.69) is 37.9 Å². The van der Waals surface area contributed by atoms with Gasteiger partial charge in [0.1, 0.15) is 5.82 Å². The summed E-state index contributed by atoms with van der Waals surface area (Å²) in [5.74, 6) is -1.12. The zero-order valence-corrected chi connectivity index (χ0v) is 21.5. The van der Waals surface area contributed by atoms with Crippen LogP contribution in [0, 0.1) is 17.7 Å². The van der Waals surface area contributed by atoms with Crippen LogP contribution in [0.1, 0.15) is 51.2 Å². The first-order valence-corrected chi connectivity index (χ1v) is 12.4. The Bertz CT molecular complexity index is 1110. The molecule has 0 radical (unpaired) electrons. The van der Waals surface area contributed by atoms with E-state index in [0.29, 0.717) is 46.9 Å². The molecule has 0 aromatic heterocycles. The highest BCUT2D eigenvalue weighted by Crippen LogP contribution is 2.39. The van der Waals surface area contributed by atoms with E-state index in [9.17, 15) is 9.90 Å². The van der Waals surface area contributed by atoms with E-state index in [1.807, 2.05) is 48.5 Å². The molecule has 35 heavy (non-hydrogen) atoms. The molecule has 1 atom stereocenters. The molecule has 2 N–H and O–H groups in total. The Labute approximate surface area is 212 Å². The summed E-state index contributed by atoms with van der Waals surface area (Å²) >= 11 is 6.07. The maximum atomic E-state index is 16.0. The fraction of sp³-hybridized carbons (Fsp3) is 0.345. The molecule has 0 heterocycles. The number of carboxylic acids is 1. The van der Waals surface area contributed by atoms with Gasteiger partial charge in [0.15, 0.2) is 0 Å². The number of carbonyl (C=O) groups is 1. The summed E-state index contributed by atoms with van der Waals surface area (Å²) < 4.78 is 16.0. The number of anilines is 3. The lowest BCUT2D eigenvalue weighted by molar-refractivity contribution is -0.137. The minimum absolute atomic E-state index is 0.134. The van der Waals surface area contributed by atoms with Crippen molar-refractivity contribution >= 4 is 34.6 Å². The quantitative estimate of drug-likeness (QED) is 0.283. The third-order valence-electron chi connectivity index (χ3n) is 5.68. The Balaban J connectivity index is 2.17. The highest BCUT2D eigenvalue weighted by Gasteiger charge is 2.24. The van der Waals surface area contributed by atoms with E-state index in [0.717, 1.165) is 11.3 Å². The molecule has 6 heteroatoms. The Hall–Kier alpha value is -3.05. The number of hydrogen-bond donors (Lipinski definition) is 2. The van der Waals surface area contributed by atoms with Crippen molar-refractivity contribution in [2.45, 2.75) is 40.0 Å². The highest BCUT2D eigenvalue weighted by atomic mass is 35.5. The first-order valence-electron chi connectivity index (χ1n) is 12.0. The molecule has 0 aliphatic carbocycles. The predicted molar refractivity (Wildman–Crippen MR) is 144 cm³/mol. The standard InChI is InChI=1S/C29H34ClFN2O2/c1-19(2)17-33(18-20(3)4)29-26(31)14-22(15-27(29)32-24-12-10-23(30)11-13-24)25(16-28(34)35)21-8-6-5-7-9-21/h5-15,19-20,25,32H,16-18H2,1-4H3,(H,34,35). The van der Waals surface area contributed by atoms with Crippen LogP contribution in [0.25, 0.3) is 0 Å². The first-order chi connectivity index (χ1) is 16.6. The maximum Gasteiger partial charge on any atom is 0.304 e. The average molecular weight is 497 g/mol. The minimum Gasteiger partial charge on any atom is -0.481 e. The van der Waals surface area contributed by atoms with Crippen LogP contribution in [0.3, 0.4) is 0 Å². The lowest BCUT2D eigenvalue weighted by Gasteiger charge is -2.32. The van der Waals surface area contributed by atoms with E-state index in [4.69, 9.17) is 11.6 Å². The van der Waals surface area contributed by atoms with Crippen molar-refractivity contribution in [2.75, 3.05) is 23.3 Å². The van der Waals surface area contributed by atoms with Crippen molar-refractivity contribution in [3.8, 4) is 0 Å². The largest absolute Gasteiger partial charge is 0.481 e. The van der Waals surface area contributed by atoms with E-state index in [1.165, 1.54) is 6.07 Å². The second-order valence-electron chi connectivity index (χ2n) is 9.78. The zero-order chi connectivity index (χ0) is 25.5. The van der Waals surface area contributed by atoms with Gasteiger partial charge in [-0.05, 0) is 59.4 Å². The van der Waals surface area contributed by atoms with Crippen molar-refractivity contribution in [3.63, 3.8) is 0 Å². The molecule has 0 spiro atoms. The number of nitrogens with zero attached hydrogens (tertiary/aromatic N) is 1. The van der Waals surface area contributed by atoms with Crippen LogP contribution in [-0.2, 0) is 4.79 Å². The molecule has 186 valence electrons. The fourth-order valence-corrected chi connectivity index (χ4v) is 4.48. The molecular weight excluding hydrogens is 463 g/mol. The minimum atomic E-state index is -0.934. The van der Waals surface area contributed by atoms with Crippen molar-refractivity contribution in [2.24, 2.45) is 11.8 Å². The van der Waals surface area contributed by atoms with Crippen LogP contribution in [0.5, 0.6) is 0 Å². The molecule has 0 aliphatic heterocycles. The van der Waals surface area contributed by atoms with Crippen LogP contribution in [0.4, 0.5) is 21.5 Å². The summed E-state index contributed by atoms with van der Waals surface area (Å²) in [6.07, 6.45) is -0.134. The second-order valence-corrected chi connectivity index (χ2v) is 10.2. The van der Waals surface area contributed by atoms with Crippen LogP contribution >= 0.6 is 11.6 Å². The number of benzene rings is 3. The Kier molecular flexibility index (Phi) is 9.16.